The second kappa shape index (κ2) is 7.23. The number of rotatable bonds is 8. The van der Waals surface area contributed by atoms with Gasteiger partial charge < -0.3 is 20.1 Å². The zero-order chi connectivity index (χ0) is 15.2. The number of nitrogen functional groups attached to an aromatic ring is 1. The molecule has 0 amide bonds. The van der Waals surface area contributed by atoms with Crippen LogP contribution in [-0.4, -0.2) is 47.4 Å². The van der Waals surface area contributed by atoms with Crippen molar-refractivity contribution in [2.75, 3.05) is 37.4 Å². The van der Waals surface area contributed by atoms with Crippen LogP contribution < -0.4 is 15.4 Å². The second-order valence-electron chi connectivity index (χ2n) is 5.01. The Morgan fingerprint density at radius 1 is 1.15 bits per heavy atom. The maximum Gasteiger partial charge on any atom is 0.323 e. The third-order valence-corrected chi connectivity index (χ3v) is 3.15. The maximum atomic E-state index is 5.70. The number of nitrogens with zero attached hydrogens (tertiary/aromatic N) is 4. The normalized spacial score (nSPS) is 11.4. The highest BCUT2D eigenvalue weighted by Crippen LogP contribution is 2.16. The van der Waals surface area contributed by atoms with E-state index < -0.39 is 0 Å². The minimum atomic E-state index is -0.236. The molecule has 7 heteroatoms. The Kier molecular flexibility index (Phi) is 5.94. The molecule has 0 saturated carbocycles. The van der Waals surface area contributed by atoms with Gasteiger partial charge in [0, 0.05) is 26.6 Å². The zero-order valence-corrected chi connectivity index (χ0v) is 13.0. The van der Waals surface area contributed by atoms with E-state index in [1.165, 1.54) is 0 Å². The van der Waals surface area contributed by atoms with Crippen LogP contribution in [-0.2, 0) is 4.74 Å². The van der Waals surface area contributed by atoms with Crippen LogP contribution in [0.15, 0.2) is 0 Å². The van der Waals surface area contributed by atoms with Crippen molar-refractivity contribution in [1.29, 1.82) is 0 Å². The van der Waals surface area contributed by atoms with E-state index in [1.807, 2.05) is 32.6 Å². The van der Waals surface area contributed by atoms with Gasteiger partial charge in [-0.1, -0.05) is 0 Å². The molecule has 0 aliphatic carbocycles. The highest BCUT2D eigenvalue weighted by Gasteiger charge is 2.17. The molecule has 1 rings (SSSR count). The van der Waals surface area contributed by atoms with Gasteiger partial charge in [0.15, 0.2) is 0 Å². The average Bonchev–Trinajstić information content (AvgIpc) is 2.39. The SMILES string of the molecule is CCN(CC)c1nc(N)nc(OCCC(C)(C)OC)n1. The predicted molar refractivity (Wildman–Crippen MR) is 79.0 cm³/mol. The molecule has 0 bridgehead atoms. The fraction of sp³-hybridized carbons (Fsp3) is 0.769. The Bertz CT molecular complexity index is 421. The quantitative estimate of drug-likeness (QED) is 0.773. The topological polar surface area (TPSA) is 86.4 Å². The van der Waals surface area contributed by atoms with Gasteiger partial charge in [-0.25, -0.2) is 0 Å². The lowest BCUT2D eigenvalue weighted by molar-refractivity contribution is 0.00468. The van der Waals surface area contributed by atoms with Gasteiger partial charge in [-0.15, -0.1) is 0 Å². The van der Waals surface area contributed by atoms with Crippen LogP contribution in [0.25, 0.3) is 0 Å². The van der Waals surface area contributed by atoms with Crippen LogP contribution in [0, 0.1) is 0 Å². The first-order valence-corrected chi connectivity index (χ1v) is 6.86. The number of anilines is 2. The van der Waals surface area contributed by atoms with Crippen molar-refractivity contribution in [1.82, 2.24) is 15.0 Å². The van der Waals surface area contributed by atoms with E-state index in [-0.39, 0.29) is 17.6 Å². The van der Waals surface area contributed by atoms with Gasteiger partial charge in [0.05, 0.1) is 12.2 Å². The molecule has 0 aromatic carbocycles. The number of ether oxygens (including phenoxy) is 2. The Labute approximate surface area is 120 Å². The summed E-state index contributed by atoms with van der Waals surface area (Å²) in [5.74, 6) is 0.714. The minimum Gasteiger partial charge on any atom is -0.463 e. The molecule has 20 heavy (non-hydrogen) atoms. The van der Waals surface area contributed by atoms with Crippen molar-refractivity contribution in [2.45, 2.75) is 39.7 Å². The fourth-order valence-electron chi connectivity index (χ4n) is 1.56. The lowest BCUT2D eigenvalue weighted by Crippen LogP contribution is -2.26. The summed E-state index contributed by atoms with van der Waals surface area (Å²) in [4.78, 5) is 14.4. The van der Waals surface area contributed by atoms with E-state index in [2.05, 4.69) is 15.0 Å². The molecule has 0 aliphatic rings. The molecular formula is C13H25N5O2. The van der Waals surface area contributed by atoms with Gasteiger partial charge in [0.25, 0.3) is 0 Å². The maximum absolute atomic E-state index is 5.70. The number of nitrogens with two attached hydrogens (primary N) is 1. The molecule has 0 fully saturated rings. The minimum absolute atomic E-state index is 0.169. The van der Waals surface area contributed by atoms with Crippen LogP contribution in [0.5, 0.6) is 6.01 Å². The number of methoxy groups -OCH3 is 1. The van der Waals surface area contributed by atoms with Gasteiger partial charge >= 0.3 is 6.01 Å². The molecular weight excluding hydrogens is 258 g/mol. The summed E-state index contributed by atoms with van der Waals surface area (Å²) < 4.78 is 10.9. The smallest absolute Gasteiger partial charge is 0.323 e. The summed E-state index contributed by atoms with van der Waals surface area (Å²) in [6, 6.07) is 0.256. The predicted octanol–water partition coefficient (Wildman–Crippen LogP) is 1.49. The first-order valence-electron chi connectivity index (χ1n) is 6.86. The van der Waals surface area contributed by atoms with Crippen molar-refractivity contribution in [3.05, 3.63) is 0 Å². The summed E-state index contributed by atoms with van der Waals surface area (Å²) in [7, 11) is 1.68. The lowest BCUT2D eigenvalue weighted by atomic mass is 10.1. The standard InChI is InChI=1S/C13H25N5O2/c1-6-18(7-2)11-15-10(14)16-12(17-11)20-9-8-13(3,4)19-5/h6-9H2,1-5H3,(H2,14,15,16,17). The lowest BCUT2D eigenvalue weighted by Gasteiger charge is -2.22. The van der Waals surface area contributed by atoms with Gasteiger partial charge in [-0.05, 0) is 27.7 Å². The highest BCUT2D eigenvalue weighted by molar-refractivity contribution is 5.35. The van der Waals surface area contributed by atoms with Crippen molar-refractivity contribution < 1.29 is 9.47 Å². The molecule has 114 valence electrons. The molecule has 0 atom stereocenters. The number of aromatic nitrogens is 3. The Balaban J connectivity index is 2.71. The molecule has 1 heterocycles. The summed E-state index contributed by atoms with van der Waals surface area (Å²) in [5.41, 5.74) is 5.46. The van der Waals surface area contributed by atoms with E-state index in [9.17, 15) is 0 Å². The molecule has 0 radical (unpaired) electrons. The largest absolute Gasteiger partial charge is 0.463 e. The Morgan fingerprint density at radius 3 is 2.35 bits per heavy atom. The average molecular weight is 283 g/mol. The van der Waals surface area contributed by atoms with Gasteiger partial charge in [-0.3, -0.25) is 0 Å². The summed E-state index contributed by atoms with van der Waals surface area (Å²) in [6.07, 6.45) is 0.732. The van der Waals surface area contributed by atoms with E-state index in [0.29, 0.717) is 12.6 Å². The zero-order valence-electron chi connectivity index (χ0n) is 13.0. The van der Waals surface area contributed by atoms with Crippen LogP contribution in [0.1, 0.15) is 34.1 Å². The van der Waals surface area contributed by atoms with Crippen LogP contribution in [0.2, 0.25) is 0 Å². The van der Waals surface area contributed by atoms with Gasteiger partial charge in [0.2, 0.25) is 11.9 Å². The monoisotopic (exact) mass is 283 g/mol. The third-order valence-electron chi connectivity index (χ3n) is 3.15. The van der Waals surface area contributed by atoms with Gasteiger partial charge in [0.1, 0.15) is 0 Å². The van der Waals surface area contributed by atoms with Crippen LogP contribution >= 0.6 is 0 Å². The Hall–Kier alpha value is -1.63. The molecule has 0 aliphatic heterocycles. The van der Waals surface area contributed by atoms with E-state index >= 15 is 0 Å². The van der Waals surface area contributed by atoms with E-state index in [0.717, 1.165) is 19.5 Å². The first-order chi connectivity index (χ1) is 9.41. The number of hydrogen-bond donors (Lipinski definition) is 1. The third kappa shape index (κ3) is 4.80. The fourth-order valence-corrected chi connectivity index (χ4v) is 1.56. The summed E-state index contributed by atoms with van der Waals surface area (Å²) in [6.45, 7) is 10.1. The van der Waals surface area contributed by atoms with Crippen molar-refractivity contribution in [2.24, 2.45) is 0 Å². The molecule has 1 aromatic heterocycles. The second-order valence-corrected chi connectivity index (χ2v) is 5.01. The van der Waals surface area contributed by atoms with Gasteiger partial charge in [-0.2, -0.15) is 15.0 Å². The summed E-state index contributed by atoms with van der Waals surface area (Å²) >= 11 is 0. The summed E-state index contributed by atoms with van der Waals surface area (Å²) in [5, 5.41) is 0. The van der Waals surface area contributed by atoms with E-state index in [4.69, 9.17) is 15.2 Å². The molecule has 2 N–H and O–H groups in total. The highest BCUT2D eigenvalue weighted by atomic mass is 16.5. The van der Waals surface area contributed by atoms with Crippen LogP contribution in [0.3, 0.4) is 0 Å². The molecule has 0 saturated heterocycles. The van der Waals surface area contributed by atoms with E-state index in [1.54, 1.807) is 7.11 Å². The molecule has 1 aromatic rings. The molecule has 0 unspecified atom stereocenters. The van der Waals surface area contributed by atoms with Crippen molar-refractivity contribution in [3.63, 3.8) is 0 Å². The van der Waals surface area contributed by atoms with Crippen molar-refractivity contribution in [3.8, 4) is 6.01 Å². The molecule has 7 nitrogen and oxygen atoms in total. The van der Waals surface area contributed by atoms with Crippen LogP contribution in [0.4, 0.5) is 11.9 Å². The molecule has 0 spiro atoms. The first kappa shape index (κ1) is 16.4. The number of hydrogen-bond acceptors (Lipinski definition) is 7. The Morgan fingerprint density at radius 2 is 1.80 bits per heavy atom. The van der Waals surface area contributed by atoms with Crippen molar-refractivity contribution >= 4 is 11.9 Å².